The molecule has 2 aromatic rings. The summed E-state index contributed by atoms with van der Waals surface area (Å²) in [7, 11) is 1.74. The van der Waals surface area contributed by atoms with Gasteiger partial charge in [0.15, 0.2) is 0 Å². The summed E-state index contributed by atoms with van der Waals surface area (Å²) in [5.74, 6) is 0.620. The van der Waals surface area contributed by atoms with Crippen molar-refractivity contribution in [2.75, 3.05) is 7.11 Å². The standard InChI is InChI=1S/C19H25ClN2O3/c1-3-17(21)19(24-2)7-4-13(5-8-19)25-16-10-12-6-9-22-18(23)14(12)11-15(16)20/h6,9-11,13,17H,3-5,7-8,21H2,1-2H3,(H,22,23)/t13-,17-,19+/m1/s1. The molecule has 0 radical (unpaired) electrons. The lowest BCUT2D eigenvalue weighted by molar-refractivity contribution is -0.0768. The molecule has 1 heterocycles. The first-order valence-electron chi connectivity index (χ1n) is 8.77. The highest BCUT2D eigenvalue weighted by Crippen LogP contribution is 2.37. The van der Waals surface area contributed by atoms with E-state index in [1.807, 2.05) is 12.1 Å². The lowest BCUT2D eigenvalue weighted by Crippen LogP contribution is -2.52. The maximum absolute atomic E-state index is 11.8. The number of benzene rings is 1. The number of H-pyrrole nitrogens is 1. The first kappa shape index (κ1) is 18.2. The normalized spacial score (nSPS) is 25.0. The first-order valence-corrected chi connectivity index (χ1v) is 9.15. The number of halogens is 1. The third-order valence-electron chi connectivity index (χ3n) is 5.42. The quantitative estimate of drug-likeness (QED) is 0.849. The maximum Gasteiger partial charge on any atom is 0.255 e. The van der Waals surface area contributed by atoms with Gasteiger partial charge < -0.3 is 20.2 Å². The summed E-state index contributed by atoms with van der Waals surface area (Å²) < 4.78 is 11.9. The molecule has 25 heavy (non-hydrogen) atoms. The van der Waals surface area contributed by atoms with Gasteiger partial charge in [-0.15, -0.1) is 0 Å². The van der Waals surface area contributed by atoms with Crippen LogP contribution >= 0.6 is 11.6 Å². The monoisotopic (exact) mass is 364 g/mol. The molecule has 1 aliphatic rings. The number of fused-ring (bicyclic) bond motifs is 1. The van der Waals surface area contributed by atoms with Crippen LogP contribution in [0.25, 0.3) is 10.8 Å². The highest BCUT2D eigenvalue weighted by molar-refractivity contribution is 6.32. The number of aromatic amines is 1. The van der Waals surface area contributed by atoms with E-state index < -0.39 is 0 Å². The minimum absolute atomic E-state index is 0.0365. The maximum atomic E-state index is 11.8. The third-order valence-corrected chi connectivity index (χ3v) is 5.72. The van der Waals surface area contributed by atoms with Gasteiger partial charge in [-0.05, 0) is 55.7 Å². The fraction of sp³-hybridized carbons (Fsp3) is 0.526. The summed E-state index contributed by atoms with van der Waals surface area (Å²) in [6, 6.07) is 5.38. The van der Waals surface area contributed by atoms with Crippen LogP contribution in [0.3, 0.4) is 0 Å². The second kappa shape index (κ2) is 7.36. The zero-order valence-corrected chi connectivity index (χ0v) is 15.4. The van der Waals surface area contributed by atoms with Gasteiger partial charge in [-0.2, -0.15) is 0 Å². The van der Waals surface area contributed by atoms with Gasteiger partial charge in [0, 0.05) is 24.7 Å². The largest absolute Gasteiger partial charge is 0.489 e. The topological polar surface area (TPSA) is 77.3 Å². The number of ether oxygens (including phenoxy) is 2. The molecule has 0 saturated heterocycles. The zero-order valence-electron chi connectivity index (χ0n) is 14.7. The Balaban J connectivity index is 1.75. The summed E-state index contributed by atoms with van der Waals surface area (Å²) in [5, 5.41) is 1.84. The number of aromatic nitrogens is 1. The van der Waals surface area contributed by atoms with Crippen LogP contribution in [0.1, 0.15) is 39.0 Å². The minimum Gasteiger partial charge on any atom is -0.489 e. The van der Waals surface area contributed by atoms with Crippen LogP contribution in [0.2, 0.25) is 5.02 Å². The Labute approximate surface area is 152 Å². The van der Waals surface area contributed by atoms with Crippen LogP contribution < -0.4 is 16.0 Å². The third kappa shape index (κ3) is 3.54. The van der Waals surface area contributed by atoms with Crippen LogP contribution in [0.5, 0.6) is 5.75 Å². The molecule has 5 nitrogen and oxygen atoms in total. The van der Waals surface area contributed by atoms with Gasteiger partial charge in [0.1, 0.15) is 5.75 Å². The van der Waals surface area contributed by atoms with Gasteiger partial charge in [-0.1, -0.05) is 18.5 Å². The average molecular weight is 365 g/mol. The summed E-state index contributed by atoms with van der Waals surface area (Å²) in [6.45, 7) is 2.09. The van der Waals surface area contributed by atoms with Crippen molar-refractivity contribution in [1.82, 2.24) is 4.98 Å². The first-order chi connectivity index (χ1) is 12.0. The van der Waals surface area contributed by atoms with Gasteiger partial charge >= 0.3 is 0 Å². The Morgan fingerprint density at radius 3 is 2.76 bits per heavy atom. The second-order valence-electron chi connectivity index (χ2n) is 6.78. The zero-order chi connectivity index (χ0) is 18.0. The van der Waals surface area contributed by atoms with E-state index in [1.165, 1.54) is 0 Å². The van der Waals surface area contributed by atoms with Crippen molar-refractivity contribution >= 4 is 22.4 Å². The SMILES string of the molecule is CC[C@@H](N)[C@]1(OC)CC[C@@H](Oc2cc3cc[nH]c(=O)c3cc2Cl)CC1. The number of rotatable bonds is 5. The van der Waals surface area contributed by atoms with E-state index in [0.717, 1.165) is 37.5 Å². The van der Waals surface area contributed by atoms with Crippen LogP contribution in [0, 0.1) is 0 Å². The molecule has 0 bridgehead atoms. The van der Waals surface area contributed by atoms with Gasteiger partial charge in [0.25, 0.3) is 5.56 Å². The van der Waals surface area contributed by atoms with Crippen molar-refractivity contribution < 1.29 is 9.47 Å². The summed E-state index contributed by atoms with van der Waals surface area (Å²) in [6.07, 6.45) is 6.06. The lowest BCUT2D eigenvalue weighted by Gasteiger charge is -2.42. The van der Waals surface area contributed by atoms with E-state index in [9.17, 15) is 4.79 Å². The highest BCUT2D eigenvalue weighted by Gasteiger charge is 2.40. The van der Waals surface area contributed by atoms with Crippen molar-refractivity contribution in [3.8, 4) is 5.75 Å². The molecule has 3 rings (SSSR count). The number of hydrogen-bond donors (Lipinski definition) is 2. The molecule has 1 atom stereocenters. The van der Waals surface area contributed by atoms with E-state index in [2.05, 4.69) is 11.9 Å². The minimum atomic E-state index is -0.255. The van der Waals surface area contributed by atoms with Crippen molar-refractivity contribution in [3.63, 3.8) is 0 Å². The molecule has 0 aliphatic heterocycles. The Morgan fingerprint density at radius 1 is 1.40 bits per heavy atom. The van der Waals surface area contributed by atoms with E-state index in [-0.39, 0.29) is 23.3 Å². The molecular weight excluding hydrogens is 340 g/mol. The Bertz CT molecular complexity index is 797. The van der Waals surface area contributed by atoms with Crippen molar-refractivity contribution in [1.29, 1.82) is 0 Å². The number of pyridine rings is 1. The van der Waals surface area contributed by atoms with Crippen LogP contribution in [-0.4, -0.2) is 29.8 Å². The highest BCUT2D eigenvalue weighted by atomic mass is 35.5. The van der Waals surface area contributed by atoms with E-state index in [0.29, 0.717) is 16.2 Å². The average Bonchev–Trinajstić information content (AvgIpc) is 2.63. The summed E-state index contributed by atoms with van der Waals surface area (Å²) in [5.41, 5.74) is 5.87. The van der Waals surface area contributed by atoms with Crippen molar-refractivity contribution in [2.45, 2.75) is 56.8 Å². The molecule has 1 fully saturated rings. The van der Waals surface area contributed by atoms with E-state index in [1.54, 1.807) is 19.4 Å². The Hall–Kier alpha value is -1.56. The molecule has 0 spiro atoms. The van der Waals surface area contributed by atoms with Crippen LogP contribution in [0.4, 0.5) is 0 Å². The predicted molar refractivity (Wildman–Crippen MR) is 100 cm³/mol. The number of methoxy groups -OCH3 is 1. The Kier molecular flexibility index (Phi) is 5.37. The number of nitrogens with one attached hydrogen (secondary N) is 1. The molecule has 1 aromatic heterocycles. The second-order valence-corrected chi connectivity index (χ2v) is 7.18. The molecule has 1 saturated carbocycles. The lowest BCUT2D eigenvalue weighted by atomic mass is 9.77. The molecule has 0 amide bonds. The predicted octanol–water partition coefficient (Wildman–Crippen LogP) is 3.63. The van der Waals surface area contributed by atoms with Crippen LogP contribution in [-0.2, 0) is 4.74 Å². The van der Waals surface area contributed by atoms with Crippen molar-refractivity contribution in [2.24, 2.45) is 5.73 Å². The van der Waals surface area contributed by atoms with Gasteiger partial charge in [0.05, 0.1) is 16.7 Å². The van der Waals surface area contributed by atoms with Gasteiger partial charge in [-0.3, -0.25) is 4.79 Å². The fourth-order valence-corrected chi connectivity index (χ4v) is 3.96. The van der Waals surface area contributed by atoms with E-state index in [4.69, 9.17) is 26.8 Å². The molecule has 1 aliphatic carbocycles. The summed E-state index contributed by atoms with van der Waals surface area (Å²) >= 11 is 6.33. The van der Waals surface area contributed by atoms with Gasteiger partial charge in [-0.25, -0.2) is 0 Å². The number of hydrogen-bond acceptors (Lipinski definition) is 4. The molecular formula is C19H25ClN2O3. The summed E-state index contributed by atoms with van der Waals surface area (Å²) in [4.78, 5) is 14.5. The molecule has 136 valence electrons. The molecule has 6 heteroatoms. The molecule has 1 aromatic carbocycles. The number of nitrogens with two attached hydrogens (primary N) is 1. The Morgan fingerprint density at radius 2 is 2.12 bits per heavy atom. The van der Waals surface area contributed by atoms with Gasteiger partial charge in [0.2, 0.25) is 0 Å². The van der Waals surface area contributed by atoms with Crippen molar-refractivity contribution in [3.05, 3.63) is 39.8 Å². The fourth-order valence-electron chi connectivity index (χ4n) is 3.75. The molecule has 3 N–H and O–H groups in total. The van der Waals surface area contributed by atoms with E-state index >= 15 is 0 Å². The molecule has 0 unspecified atom stereocenters. The smallest absolute Gasteiger partial charge is 0.255 e. The van der Waals surface area contributed by atoms with Crippen LogP contribution in [0.15, 0.2) is 29.2 Å².